The lowest BCUT2D eigenvalue weighted by atomic mass is 10.2. The number of nitrogens with zero attached hydrogens (tertiary/aromatic N) is 1. The zero-order chi connectivity index (χ0) is 9.40. The van der Waals surface area contributed by atoms with Crippen LogP contribution in [0.3, 0.4) is 0 Å². The molecule has 0 aliphatic carbocycles. The summed E-state index contributed by atoms with van der Waals surface area (Å²) in [6.07, 6.45) is 9.03. The highest BCUT2D eigenvalue weighted by Crippen LogP contribution is 2.07. The molecule has 0 radical (unpaired) electrons. The van der Waals surface area contributed by atoms with E-state index in [4.69, 9.17) is 0 Å². The average Bonchev–Trinajstić information content (AvgIpc) is 2.11. The van der Waals surface area contributed by atoms with Gasteiger partial charge in [0.2, 0.25) is 0 Å². The van der Waals surface area contributed by atoms with Crippen LogP contribution in [0.2, 0.25) is 0 Å². The lowest BCUT2D eigenvalue weighted by molar-refractivity contribution is 1.32. The van der Waals surface area contributed by atoms with Crippen molar-refractivity contribution in [2.24, 2.45) is 4.99 Å². The van der Waals surface area contributed by atoms with Gasteiger partial charge in [0.05, 0.1) is 5.70 Å². The molecule has 0 rings (SSSR count). The van der Waals surface area contributed by atoms with Crippen molar-refractivity contribution in [2.75, 3.05) is 0 Å². The zero-order valence-electron chi connectivity index (χ0n) is 7.75. The molecule has 12 heavy (non-hydrogen) atoms. The van der Waals surface area contributed by atoms with Crippen molar-refractivity contribution >= 4 is 6.21 Å². The highest BCUT2D eigenvalue weighted by molar-refractivity contribution is 5.57. The Labute approximate surface area is 74.5 Å². The standard InChI is InChI=1S/C11H15N/c1-5-8-9-11(12-7-3)10(4)6-2/h5-9H,1-2H2,3-4H3/b9-8-,11-10-,12-7-. The molecule has 0 N–H and O–H groups in total. The van der Waals surface area contributed by atoms with Crippen LogP contribution in [0.4, 0.5) is 0 Å². The van der Waals surface area contributed by atoms with Gasteiger partial charge >= 0.3 is 0 Å². The largest absolute Gasteiger partial charge is 0.261 e. The van der Waals surface area contributed by atoms with E-state index >= 15 is 0 Å². The summed E-state index contributed by atoms with van der Waals surface area (Å²) < 4.78 is 0. The third-order valence-electron chi connectivity index (χ3n) is 1.37. The second-order valence-corrected chi connectivity index (χ2v) is 2.25. The van der Waals surface area contributed by atoms with Crippen LogP contribution in [0, 0.1) is 0 Å². The predicted octanol–water partition coefficient (Wildman–Crippen LogP) is 3.28. The van der Waals surface area contributed by atoms with Crippen LogP contribution in [0.15, 0.2) is 53.7 Å². The van der Waals surface area contributed by atoms with Crippen LogP contribution >= 0.6 is 0 Å². The lowest BCUT2D eigenvalue weighted by Crippen LogP contribution is -1.78. The number of aliphatic imine (C=N–C) groups is 1. The average molecular weight is 161 g/mol. The normalized spacial score (nSPS) is 13.5. The van der Waals surface area contributed by atoms with E-state index in [0.717, 1.165) is 11.3 Å². The summed E-state index contributed by atoms with van der Waals surface area (Å²) in [4.78, 5) is 4.18. The third-order valence-corrected chi connectivity index (χ3v) is 1.37. The van der Waals surface area contributed by atoms with E-state index in [9.17, 15) is 0 Å². The molecule has 0 heterocycles. The number of hydrogen-bond acceptors (Lipinski definition) is 1. The molecule has 0 amide bonds. The van der Waals surface area contributed by atoms with E-state index in [1.54, 1.807) is 18.4 Å². The fourth-order valence-electron chi connectivity index (χ4n) is 0.679. The van der Waals surface area contributed by atoms with Gasteiger partial charge in [-0.1, -0.05) is 31.4 Å². The Bertz CT molecular complexity index is 242. The van der Waals surface area contributed by atoms with Crippen LogP contribution in [0.25, 0.3) is 0 Å². The van der Waals surface area contributed by atoms with Crippen LogP contribution in [0.1, 0.15) is 13.8 Å². The van der Waals surface area contributed by atoms with Gasteiger partial charge < -0.3 is 0 Å². The molecule has 0 aliphatic heterocycles. The van der Waals surface area contributed by atoms with Crippen molar-refractivity contribution in [3.05, 3.63) is 48.7 Å². The van der Waals surface area contributed by atoms with Gasteiger partial charge in [-0.15, -0.1) is 0 Å². The van der Waals surface area contributed by atoms with Crippen LogP contribution in [-0.4, -0.2) is 6.21 Å². The monoisotopic (exact) mass is 161 g/mol. The highest BCUT2D eigenvalue weighted by Gasteiger charge is 1.89. The summed E-state index contributed by atoms with van der Waals surface area (Å²) >= 11 is 0. The van der Waals surface area contributed by atoms with Gasteiger partial charge in [-0.05, 0) is 25.5 Å². The summed E-state index contributed by atoms with van der Waals surface area (Å²) in [6, 6.07) is 0. The van der Waals surface area contributed by atoms with E-state index in [2.05, 4.69) is 18.2 Å². The molecule has 0 fully saturated rings. The summed E-state index contributed by atoms with van der Waals surface area (Å²) in [7, 11) is 0. The van der Waals surface area contributed by atoms with Crippen molar-refractivity contribution in [1.29, 1.82) is 0 Å². The lowest BCUT2D eigenvalue weighted by Gasteiger charge is -1.96. The molecular weight excluding hydrogens is 146 g/mol. The molecule has 0 aromatic carbocycles. The quantitative estimate of drug-likeness (QED) is 0.443. The summed E-state index contributed by atoms with van der Waals surface area (Å²) in [5, 5.41) is 0. The highest BCUT2D eigenvalue weighted by atomic mass is 14.7. The van der Waals surface area contributed by atoms with E-state index in [1.807, 2.05) is 26.0 Å². The van der Waals surface area contributed by atoms with Crippen molar-refractivity contribution in [1.82, 2.24) is 0 Å². The first kappa shape index (κ1) is 10.6. The molecule has 0 unspecified atom stereocenters. The molecule has 1 nitrogen and oxygen atoms in total. The minimum atomic E-state index is 0.924. The molecule has 0 saturated carbocycles. The molecule has 0 aliphatic rings. The predicted molar refractivity (Wildman–Crippen MR) is 56.4 cm³/mol. The number of hydrogen-bond donors (Lipinski definition) is 0. The second-order valence-electron chi connectivity index (χ2n) is 2.25. The second kappa shape index (κ2) is 6.35. The molecule has 0 spiro atoms. The molecular formula is C11H15N. The van der Waals surface area contributed by atoms with Crippen molar-refractivity contribution < 1.29 is 0 Å². The summed E-state index contributed by atoms with van der Waals surface area (Å²) in [5.41, 5.74) is 1.98. The molecule has 0 saturated heterocycles. The van der Waals surface area contributed by atoms with Crippen molar-refractivity contribution in [3.63, 3.8) is 0 Å². The Hall–Kier alpha value is -1.37. The molecule has 1 heteroatoms. The van der Waals surface area contributed by atoms with E-state index in [0.29, 0.717) is 0 Å². The van der Waals surface area contributed by atoms with Gasteiger partial charge in [-0.3, -0.25) is 4.99 Å². The smallest absolute Gasteiger partial charge is 0.0654 e. The Morgan fingerprint density at radius 1 is 1.33 bits per heavy atom. The number of allylic oxidation sites excluding steroid dienone is 5. The first-order chi connectivity index (χ1) is 5.76. The van der Waals surface area contributed by atoms with Crippen LogP contribution in [-0.2, 0) is 0 Å². The Morgan fingerprint density at radius 2 is 2.00 bits per heavy atom. The van der Waals surface area contributed by atoms with Crippen molar-refractivity contribution in [2.45, 2.75) is 13.8 Å². The van der Waals surface area contributed by atoms with Crippen LogP contribution < -0.4 is 0 Å². The van der Waals surface area contributed by atoms with Gasteiger partial charge in [-0.2, -0.15) is 0 Å². The van der Waals surface area contributed by atoms with E-state index < -0.39 is 0 Å². The maximum Gasteiger partial charge on any atom is 0.0654 e. The summed E-state index contributed by atoms with van der Waals surface area (Å²) in [6.45, 7) is 11.1. The van der Waals surface area contributed by atoms with Gasteiger partial charge in [0, 0.05) is 6.21 Å². The number of rotatable bonds is 4. The van der Waals surface area contributed by atoms with Gasteiger partial charge in [0.15, 0.2) is 0 Å². The van der Waals surface area contributed by atoms with E-state index in [-0.39, 0.29) is 0 Å². The molecule has 0 atom stereocenters. The fourth-order valence-corrected chi connectivity index (χ4v) is 0.679. The van der Waals surface area contributed by atoms with Crippen LogP contribution in [0.5, 0.6) is 0 Å². The molecule has 0 bridgehead atoms. The fraction of sp³-hybridized carbons (Fsp3) is 0.182. The van der Waals surface area contributed by atoms with Gasteiger partial charge in [0.1, 0.15) is 0 Å². The maximum atomic E-state index is 4.18. The first-order valence-electron chi connectivity index (χ1n) is 3.87. The minimum Gasteiger partial charge on any atom is -0.261 e. The van der Waals surface area contributed by atoms with Crippen molar-refractivity contribution in [3.8, 4) is 0 Å². The molecule has 64 valence electrons. The molecule has 0 aromatic heterocycles. The maximum absolute atomic E-state index is 4.18. The summed E-state index contributed by atoms with van der Waals surface area (Å²) in [5.74, 6) is 0. The Balaban J connectivity index is 4.76. The minimum absolute atomic E-state index is 0.924. The van der Waals surface area contributed by atoms with Gasteiger partial charge in [-0.25, -0.2) is 0 Å². The van der Waals surface area contributed by atoms with Gasteiger partial charge in [0.25, 0.3) is 0 Å². The Morgan fingerprint density at radius 3 is 2.42 bits per heavy atom. The third kappa shape index (κ3) is 3.71. The SMILES string of the molecule is C=C\C=C/C(/N=C\C)=C(\C)C=C. The zero-order valence-corrected chi connectivity index (χ0v) is 7.75. The molecule has 0 aromatic rings. The Kier molecular flexibility index (Phi) is 5.62. The topological polar surface area (TPSA) is 12.4 Å². The van der Waals surface area contributed by atoms with E-state index in [1.165, 1.54) is 0 Å². The first-order valence-corrected chi connectivity index (χ1v) is 3.87.